The van der Waals surface area contributed by atoms with Gasteiger partial charge in [0.25, 0.3) is 5.91 Å². The third kappa shape index (κ3) is 4.38. The molecule has 1 aromatic heterocycles. The Bertz CT molecular complexity index is 1020. The van der Waals surface area contributed by atoms with Gasteiger partial charge in [0, 0.05) is 30.9 Å². The van der Waals surface area contributed by atoms with Gasteiger partial charge in [0.15, 0.2) is 0 Å². The average molecular weight is 403 g/mol. The van der Waals surface area contributed by atoms with Gasteiger partial charge in [-0.2, -0.15) is 0 Å². The van der Waals surface area contributed by atoms with E-state index in [0.29, 0.717) is 31.6 Å². The Morgan fingerprint density at radius 3 is 2.43 bits per heavy atom. The van der Waals surface area contributed by atoms with Crippen molar-refractivity contribution in [1.29, 1.82) is 0 Å². The van der Waals surface area contributed by atoms with Gasteiger partial charge in [0.2, 0.25) is 5.91 Å². The summed E-state index contributed by atoms with van der Waals surface area (Å²) in [5.74, 6) is 0.690. The molecule has 3 aromatic rings. The van der Waals surface area contributed by atoms with Gasteiger partial charge in [0.05, 0.1) is 7.11 Å². The van der Waals surface area contributed by atoms with E-state index in [9.17, 15) is 9.59 Å². The van der Waals surface area contributed by atoms with Crippen LogP contribution in [0, 0.1) is 5.92 Å². The first kappa shape index (κ1) is 19.8. The number of aromatic amines is 1. The number of ether oxygens (including phenoxy) is 1. The fraction of sp³-hybridized carbons (Fsp3) is 0.250. The van der Waals surface area contributed by atoms with E-state index in [1.54, 1.807) is 24.3 Å². The van der Waals surface area contributed by atoms with Gasteiger partial charge in [0.1, 0.15) is 11.4 Å². The molecule has 2 amide bonds. The zero-order valence-corrected chi connectivity index (χ0v) is 16.9. The number of likely N-dealkylation sites (tertiary alicyclic amines) is 1. The molecule has 0 saturated carbocycles. The summed E-state index contributed by atoms with van der Waals surface area (Å²) in [5, 5.41) is 3.04. The first-order chi connectivity index (χ1) is 14.6. The zero-order chi connectivity index (χ0) is 20.9. The van der Waals surface area contributed by atoms with Crippen LogP contribution in [0.2, 0.25) is 0 Å². The van der Waals surface area contributed by atoms with E-state index in [1.165, 1.54) is 0 Å². The van der Waals surface area contributed by atoms with E-state index in [4.69, 9.17) is 4.74 Å². The minimum absolute atomic E-state index is 0.00441. The number of nitrogens with one attached hydrogen (secondary N) is 2. The Labute approximate surface area is 175 Å². The van der Waals surface area contributed by atoms with Gasteiger partial charge >= 0.3 is 0 Å². The number of carbonyl (C=O) groups excluding carboxylic acids is 2. The van der Waals surface area contributed by atoms with Crippen molar-refractivity contribution in [2.24, 2.45) is 5.92 Å². The van der Waals surface area contributed by atoms with E-state index in [-0.39, 0.29) is 17.7 Å². The Kier molecular flexibility index (Phi) is 5.84. The fourth-order valence-corrected chi connectivity index (χ4v) is 3.80. The summed E-state index contributed by atoms with van der Waals surface area (Å²) in [6, 6.07) is 19.2. The summed E-state index contributed by atoms with van der Waals surface area (Å²) in [5.41, 5.74) is 3.40. The quantitative estimate of drug-likeness (QED) is 0.671. The summed E-state index contributed by atoms with van der Waals surface area (Å²) in [6.07, 6.45) is 3.06. The molecule has 1 aliphatic heterocycles. The lowest BCUT2D eigenvalue weighted by molar-refractivity contribution is -0.121. The van der Waals surface area contributed by atoms with Crippen LogP contribution in [0.25, 0.3) is 11.1 Å². The van der Waals surface area contributed by atoms with Gasteiger partial charge in [-0.05, 0) is 60.4 Å². The van der Waals surface area contributed by atoms with Crippen molar-refractivity contribution in [1.82, 2.24) is 9.88 Å². The number of hydrogen-bond acceptors (Lipinski definition) is 3. The molecule has 30 heavy (non-hydrogen) atoms. The molecule has 4 rings (SSSR count). The number of nitrogens with zero attached hydrogens (tertiary/aromatic N) is 1. The average Bonchev–Trinajstić information content (AvgIpc) is 3.34. The van der Waals surface area contributed by atoms with E-state index < -0.39 is 0 Å². The molecule has 1 aliphatic rings. The molecule has 0 unspecified atom stereocenters. The minimum Gasteiger partial charge on any atom is -0.497 e. The van der Waals surface area contributed by atoms with Crippen molar-refractivity contribution < 1.29 is 14.3 Å². The SMILES string of the molecule is COc1cccc(-c2cccc(NC(=O)C3CCN(C(=O)c4ccc[nH]4)CC3)c2)c1. The molecule has 1 fully saturated rings. The van der Waals surface area contributed by atoms with Crippen molar-refractivity contribution >= 4 is 17.5 Å². The van der Waals surface area contributed by atoms with Crippen molar-refractivity contribution in [3.8, 4) is 16.9 Å². The maximum absolute atomic E-state index is 12.8. The van der Waals surface area contributed by atoms with Crippen LogP contribution >= 0.6 is 0 Å². The topological polar surface area (TPSA) is 74.4 Å². The Morgan fingerprint density at radius 2 is 1.73 bits per heavy atom. The molecule has 6 nitrogen and oxygen atoms in total. The molecule has 0 atom stereocenters. The van der Waals surface area contributed by atoms with Gasteiger partial charge < -0.3 is 19.9 Å². The summed E-state index contributed by atoms with van der Waals surface area (Å²) in [4.78, 5) is 30.0. The summed E-state index contributed by atoms with van der Waals surface area (Å²) >= 11 is 0. The predicted octanol–water partition coefficient (Wildman–Crippen LogP) is 4.18. The zero-order valence-electron chi connectivity index (χ0n) is 16.9. The maximum atomic E-state index is 12.8. The third-order valence-electron chi connectivity index (χ3n) is 5.51. The fourth-order valence-electron chi connectivity index (χ4n) is 3.80. The van der Waals surface area contributed by atoms with Crippen LogP contribution in [-0.4, -0.2) is 41.9 Å². The molecule has 6 heteroatoms. The number of anilines is 1. The van der Waals surface area contributed by atoms with Gasteiger partial charge in [-0.1, -0.05) is 24.3 Å². The lowest BCUT2D eigenvalue weighted by atomic mass is 9.95. The van der Waals surface area contributed by atoms with Crippen LogP contribution < -0.4 is 10.1 Å². The van der Waals surface area contributed by atoms with Crippen LogP contribution in [0.15, 0.2) is 66.9 Å². The summed E-state index contributed by atoms with van der Waals surface area (Å²) < 4.78 is 5.30. The molecule has 154 valence electrons. The molecule has 0 bridgehead atoms. The number of rotatable bonds is 5. The van der Waals surface area contributed by atoms with Crippen LogP contribution in [0.1, 0.15) is 23.3 Å². The van der Waals surface area contributed by atoms with E-state index in [0.717, 1.165) is 22.6 Å². The molecule has 1 saturated heterocycles. The van der Waals surface area contributed by atoms with E-state index in [1.807, 2.05) is 54.6 Å². The summed E-state index contributed by atoms with van der Waals surface area (Å²) in [7, 11) is 1.65. The molecule has 0 spiro atoms. The highest BCUT2D eigenvalue weighted by Crippen LogP contribution is 2.27. The Morgan fingerprint density at radius 1 is 1.00 bits per heavy atom. The first-order valence-corrected chi connectivity index (χ1v) is 10.1. The first-order valence-electron chi connectivity index (χ1n) is 10.1. The number of hydrogen-bond donors (Lipinski definition) is 2. The van der Waals surface area contributed by atoms with E-state index >= 15 is 0 Å². The van der Waals surface area contributed by atoms with Crippen molar-refractivity contribution in [3.05, 3.63) is 72.6 Å². The molecule has 2 aromatic carbocycles. The highest BCUT2D eigenvalue weighted by molar-refractivity contribution is 5.94. The standard InChI is InChI=1S/C24H25N3O3/c1-30-21-8-3-6-19(16-21)18-5-2-7-20(15-18)26-23(28)17-10-13-27(14-11-17)24(29)22-9-4-12-25-22/h2-9,12,15-17,25H,10-11,13-14H2,1H3,(H,26,28). The Hall–Kier alpha value is -3.54. The largest absolute Gasteiger partial charge is 0.497 e. The predicted molar refractivity (Wildman–Crippen MR) is 116 cm³/mol. The second kappa shape index (κ2) is 8.86. The van der Waals surface area contributed by atoms with Crippen molar-refractivity contribution in [2.45, 2.75) is 12.8 Å². The lowest BCUT2D eigenvalue weighted by Crippen LogP contribution is -2.41. The molecule has 0 radical (unpaired) electrons. The van der Waals surface area contributed by atoms with Gasteiger partial charge in [-0.15, -0.1) is 0 Å². The van der Waals surface area contributed by atoms with E-state index in [2.05, 4.69) is 10.3 Å². The highest BCUT2D eigenvalue weighted by Gasteiger charge is 2.28. The van der Waals surface area contributed by atoms with Crippen molar-refractivity contribution in [3.63, 3.8) is 0 Å². The van der Waals surface area contributed by atoms with Crippen LogP contribution in [-0.2, 0) is 4.79 Å². The summed E-state index contributed by atoms with van der Waals surface area (Å²) in [6.45, 7) is 1.17. The normalized spacial score (nSPS) is 14.4. The Balaban J connectivity index is 1.37. The number of benzene rings is 2. The second-order valence-corrected chi connectivity index (χ2v) is 7.45. The molecular formula is C24H25N3O3. The van der Waals surface area contributed by atoms with Crippen LogP contribution in [0.4, 0.5) is 5.69 Å². The highest BCUT2D eigenvalue weighted by atomic mass is 16.5. The number of carbonyl (C=O) groups is 2. The number of amides is 2. The number of methoxy groups -OCH3 is 1. The maximum Gasteiger partial charge on any atom is 0.270 e. The molecule has 2 heterocycles. The van der Waals surface area contributed by atoms with Crippen molar-refractivity contribution in [2.75, 3.05) is 25.5 Å². The van der Waals surface area contributed by atoms with Gasteiger partial charge in [-0.25, -0.2) is 0 Å². The second-order valence-electron chi connectivity index (χ2n) is 7.45. The van der Waals surface area contributed by atoms with Gasteiger partial charge in [-0.3, -0.25) is 9.59 Å². The third-order valence-corrected chi connectivity index (χ3v) is 5.51. The molecule has 0 aliphatic carbocycles. The molecule has 2 N–H and O–H groups in total. The molecular weight excluding hydrogens is 378 g/mol. The number of H-pyrrole nitrogens is 1. The monoisotopic (exact) mass is 403 g/mol. The number of aromatic nitrogens is 1. The smallest absolute Gasteiger partial charge is 0.270 e. The lowest BCUT2D eigenvalue weighted by Gasteiger charge is -2.31. The van der Waals surface area contributed by atoms with Crippen LogP contribution in [0.5, 0.6) is 5.75 Å². The van der Waals surface area contributed by atoms with Crippen LogP contribution in [0.3, 0.4) is 0 Å². The minimum atomic E-state index is -0.0989. The number of piperidine rings is 1.